The SMILES string of the molecule is CCOC(=O)CCC(=O)Nc1ccc2nc(Cc3ccccc3)n(Cc3ccc(-c4ccc(OC)cc4)cc3)c(=O)c2c1. The number of fused-ring (bicyclic) bond motifs is 1. The van der Waals surface area contributed by atoms with Gasteiger partial charge in [-0.05, 0) is 59.5 Å². The van der Waals surface area contributed by atoms with Gasteiger partial charge in [0, 0.05) is 18.5 Å². The number of hydrogen-bond acceptors (Lipinski definition) is 6. The van der Waals surface area contributed by atoms with Gasteiger partial charge in [-0.1, -0.05) is 66.7 Å². The summed E-state index contributed by atoms with van der Waals surface area (Å²) in [6.45, 7) is 2.32. The van der Waals surface area contributed by atoms with E-state index in [1.54, 1.807) is 36.8 Å². The van der Waals surface area contributed by atoms with Crippen molar-refractivity contribution in [3.8, 4) is 16.9 Å². The summed E-state index contributed by atoms with van der Waals surface area (Å²) in [6.07, 6.45) is 0.464. The summed E-state index contributed by atoms with van der Waals surface area (Å²) in [5, 5.41) is 3.18. The first-order valence-corrected chi connectivity index (χ1v) is 14.2. The standard InChI is InChI=1S/C35H33N3O5/c1-3-43-34(40)20-19-33(39)36-28-15-18-31-30(22-28)35(41)38(32(37-31)21-24-7-5-4-6-8-24)23-25-9-11-26(12-10-25)27-13-16-29(42-2)17-14-27/h4-18,22H,3,19-21,23H2,1-2H3,(H,36,39). The Balaban J connectivity index is 1.44. The Hall–Kier alpha value is -5.24. The summed E-state index contributed by atoms with van der Waals surface area (Å²) in [4.78, 5) is 42.9. The van der Waals surface area contributed by atoms with E-state index in [0.717, 1.165) is 28.0 Å². The van der Waals surface area contributed by atoms with Gasteiger partial charge >= 0.3 is 5.97 Å². The minimum Gasteiger partial charge on any atom is -0.497 e. The van der Waals surface area contributed by atoms with E-state index >= 15 is 0 Å². The number of carbonyl (C=O) groups is 2. The molecule has 0 saturated carbocycles. The Labute approximate surface area is 249 Å². The maximum absolute atomic E-state index is 14.0. The van der Waals surface area contributed by atoms with Gasteiger partial charge in [0.25, 0.3) is 5.56 Å². The summed E-state index contributed by atoms with van der Waals surface area (Å²) in [5.41, 5.74) is 4.94. The van der Waals surface area contributed by atoms with Crippen LogP contribution in [0, 0.1) is 0 Å². The number of carbonyl (C=O) groups excluding carboxylic acids is 2. The van der Waals surface area contributed by atoms with Crippen molar-refractivity contribution in [2.24, 2.45) is 0 Å². The van der Waals surface area contributed by atoms with Crippen LogP contribution in [0.15, 0.2) is 102 Å². The monoisotopic (exact) mass is 575 g/mol. The number of ether oxygens (including phenoxy) is 2. The molecule has 0 aliphatic carbocycles. The van der Waals surface area contributed by atoms with Crippen molar-refractivity contribution in [3.63, 3.8) is 0 Å². The number of aromatic nitrogens is 2. The lowest BCUT2D eigenvalue weighted by Gasteiger charge is -2.15. The van der Waals surface area contributed by atoms with Gasteiger partial charge in [-0.25, -0.2) is 4.98 Å². The maximum atomic E-state index is 14.0. The fourth-order valence-corrected chi connectivity index (χ4v) is 4.86. The largest absolute Gasteiger partial charge is 0.497 e. The normalized spacial score (nSPS) is 10.8. The number of esters is 1. The van der Waals surface area contributed by atoms with Gasteiger partial charge in [-0.2, -0.15) is 0 Å². The van der Waals surface area contributed by atoms with Crippen LogP contribution in [0.2, 0.25) is 0 Å². The molecule has 0 radical (unpaired) electrons. The van der Waals surface area contributed by atoms with Crippen LogP contribution in [0.4, 0.5) is 5.69 Å². The molecule has 0 aliphatic rings. The topological polar surface area (TPSA) is 99.5 Å². The summed E-state index contributed by atoms with van der Waals surface area (Å²) in [7, 11) is 1.64. The lowest BCUT2D eigenvalue weighted by Crippen LogP contribution is -2.26. The maximum Gasteiger partial charge on any atom is 0.306 e. The molecule has 4 aromatic carbocycles. The number of anilines is 1. The van der Waals surface area contributed by atoms with Gasteiger partial charge < -0.3 is 14.8 Å². The van der Waals surface area contributed by atoms with Crippen molar-refractivity contribution in [1.82, 2.24) is 9.55 Å². The molecule has 5 aromatic rings. The molecule has 1 N–H and O–H groups in total. The molecular weight excluding hydrogens is 542 g/mol. The number of amides is 1. The fourth-order valence-electron chi connectivity index (χ4n) is 4.86. The molecule has 1 aromatic heterocycles. The third-order valence-electron chi connectivity index (χ3n) is 7.10. The number of nitrogens with zero attached hydrogens (tertiary/aromatic N) is 2. The second kappa shape index (κ2) is 13.6. The quantitative estimate of drug-likeness (QED) is 0.194. The van der Waals surface area contributed by atoms with Crippen molar-refractivity contribution in [3.05, 3.63) is 124 Å². The van der Waals surface area contributed by atoms with Gasteiger partial charge in [0.05, 0.1) is 37.6 Å². The van der Waals surface area contributed by atoms with Crippen molar-refractivity contribution in [2.45, 2.75) is 32.7 Å². The van der Waals surface area contributed by atoms with E-state index in [-0.39, 0.29) is 30.9 Å². The molecule has 0 spiro atoms. The van der Waals surface area contributed by atoms with E-state index in [4.69, 9.17) is 14.5 Å². The average Bonchev–Trinajstić information content (AvgIpc) is 3.03. The van der Waals surface area contributed by atoms with Crippen molar-refractivity contribution >= 4 is 28.5 Å². The lowest BCUT2D eigenvalue weighted by molar-refractivity contribution is -0.144. The highest BCUT2D eigenvalue weighted by Gasteiger charge is 2.15. The number of hydrogen-bond donors (Lipinski definition) is 1. The Kier molecular flexibility index (Phi) is 9.26. The summed E-state index contributed by atoms with van der Waals surface area (Å²) < 4.78 is 11.9. The second-order valence-electron chi connectivity index (χ2n) is 10.1. The Morgan fingerprint density at radius 1 is 0.837 bits per heavy atom. The van der Waals surface area contributed by atoms with E-state index in [9.17, 15) is 14.4 Å². The Morgan fingerprint density at radius 2 is 1.53 bits per heavy atom. The highest BCUT2D eigenvalue weighted by Crippen LogP contribution is 2.24. The van der Waals surface area contributed by atoms with E-state index in [1.165, 1.54) is 0 Å². The van der Waals surface area contributed by atoms with Gasteiger partial charge in [-0.3, -0.25) is 19.0 Å². The highest BCUT2D eigenvalue weighted by atomic mass is 16.5. The Morgan fingerprint density at radius 3 is 2.21 bits per heavy atom. The number of benzene rings is 4. The van der Waals surface area contributed by atoms with E-state index in [1.807, 2.05) is 78.9 Å². The van der Waals surface area contributed by atoms with E-state index in [2.05, 4.69) is 5.32 Å². The van der Waals surface area contributed by atoms with Crippen LogP contribution < -0.4 is 15.6 Å². The first-order valence-electron chi connectivity index (χ1n) is 14.2. The van der Waals surface area contributed by atoms with Crippen LogP contribution in [0.3, 0.4) is 0 Å². The zero-order valence-corrected chi connectivity index (χ0v) is 24.2. The van der Waals surface area contributed by atoms with Crippen LogP contribution in [-0.2, 0) is 27.3 Å². The van der Waals surface area contributed by atoms with Crippen LogP contribution in [0.1, 0.15) is 36.7 Å². The smallest absolute Gasteiger partial charge is 0.306 e. The number of rotatable bonds is 11. The molecule has 0 atom stereocenters. The molecule has 8 nitrogen and oxygen atoms in total. The molecule has 0 aliphatic heterocycles. The van der Waals surface area contributed by atoms with Crippen molar-refractivity contribution in [1.29, 1.82) is 0 Å². The minimum atomic E-state index is -0.425. The summed E-state index contributed by atoms with van der Waals surface area (Å²) >= 11 is 0. The highest BCUT2D eigenvalue weighted by molar-refractivity contribution is 5.94. The molecule has 218 valence electrons. The average molecular weight is 576 g/mol. The molecule has 1 amide bonds. The van der Waals surface area contributed by atoms with Gasteiger partial charge in [0.1, 0.15) is 11.6 Å². The van der Waals surface area contributed by atoms with Crippen LogP contribution in [0.25, 0.3) is 22.0 Å². The van der Waals surface area contributed by atoms with E-state index in [0.29, 0.717) is 35.4 Å². The molecule has 0 bridgehead atoms. The molecule has 0 fully saturated rings. The van der Waals surface area contributed by atoms with Crippen molar-refractivity contribution < 1.29 is 19.1 Å². The summed E-state index contributed by atoms with van der Waals surface area (Å²) in [5.74, 6) is 0.688. The minimum absolute atomic E-state index is 0.0120. The number of nitrogens with one attached hydrogen (secondary N) is 1. The third-order valence-corrected chi connectivity index (χ3v) is 7.10. The number of methoxy groups -OCH3 is 1. The van der Waals surface area contributed by atoms with Crippen LogP contribution >= 0.6 is 0 Å². The van der Waals surface area contributed by atoms with Gasteiger partial charge in [-0.15, -0.1) is 0 Å². The third kappa shape index (κ3) is 7.35. The zero-order valence-electron chi connectivity index (χ0n) is 24.2. The predicted molar refractivity (Wildman–Crippen MR) is 167 cm³/mol. The van der Waals surface area contributed by atoms with Crippen LogP contribution in [0.5, 0.6) is 5.75 Å². The van der Waals surface area contributed by atoms with Gasteiger partial charge in [0.15, 0.2) is 0 Å². The Bertz CT molecular complexity index is 1780. The van der Waals surface area contributed by atoms with Gasteiger partial charge in [0.2, 0.25) is 5.91 Å². The fraction of sp³-hybridized carbons (Fsp3) is 0.200. The molecular formula is C35H33N3O5. The van der Waals surface area contributed by atoms with Crippen molar-refractivity contribution in [2.75, 3.05) is 19.0 Å². The summed E-state index contributed by atoms with van der Waals surface area (Å²) in [6, 6.07) is 31.0. The first kappa shape index (κ1) is 29.3. The molecule has 5 rings (SSSR count). The first-order chi connectivity index (χ1) is 20.9. The second-order valence-corrected chi connectivity index (χ2v) is 10.1. The van der Waals surface area contributed by atoms with E-state index < -0.39 is 5.97 Å². The lowest BCUT2D eigenvalue weighted by atomic mass is 10.0. The predicted octanol–water partition coefficient (Wildman–Crippen LogP) is 5.99. The molecule has 0 saturated heterocycles. The molecule has 8 heteroatoms. The zero-order chi connectivity index (χ0) is 30.2. The molecule has 43 heavy (non-hydrogen) atoms. The molecule has 0 unspecified atom stereocenters. The molecule has 1 heterocycles. The van der Waals surface area contributed by atoms with Crippen LogP contribution in [-0.4, -0.2) is 35.1 Å².